The van der Waals surface area contributed by atoms with Gasteiger partial charge in [-0.3, -0.25) is 9.35 Å². The summed E-state index contributed by atoms with van der Waals surface area (Å²) < 4.78 is 31.4. The Kier molecular flexibility index (Phi) is 5.76. The van der Waals surface area contributed by atoms with Gasteiger partial charge in [0.05, 0.1) is 10.6 Å². The lowest BCUT2D eigenvalue weighted by Crippen LogP contribution is -2.25. The smallest absolute Gasteiger partial charge is 0.294 e. The molecule has 3 rings (SSSR count). The van der Waals surface area contributed by atoms with E-state index < -0.39 is 16.0 Å². The molecule has 2 aromatic rings. The first-order valence-electron chi connectivity index (χ1n) is 8.19. The van der Waals surface area contributed by atoms with Crippen LogP contribution in [0.5, 0.6) is 0 Å². The van der Waals surface area contributed by atoms with E-state index in [-0.39, 0.29) is 16.2 Å². The maximum atomic E-state index is 12.3. The molecule has 0 spiro atoms. The first-order chi connectivity index (χ1) is 13.3. The number of amides is 1. The Bertz CT molecular complexity index is 1090. The molecule has 0 unspecified atom stereocenters. The molecular weight excluding hydrogens is 402 g/mol. The summed E-state index contributed by atoms with van der Waals surface area (Å²) in [4.78, 5) is 19.7. The van der Waals surface area contributed by atoms with Crippen molar-refractivity contribution >= 4 is 38.2 Å². The normalized spacial score (nSPS) is 14.8. The number of nitrogens with one attached hydrogen (secondary N) is 2. The van der Waals surface area contributed by atoms with Crippen LogP contribution in [0, 0.1) is 11.3 Å². The second kappa shape index (κ2) is 8.07. The molecule has 1 aromatic heterocycles. The van der Waals surface area contributed by atoms with Crippen molar-refractivity contribution in [3.63, 3.8) is 0 Å². The van der Waals surface area contributed by atoms with Crippen LogP contribution in [0.25, 0.3) is 0 Å². The van der Waals surface area contributed by atoms with Gasteiger partial charge in [-0.05, 0) is 25.2 Å². The minimum Gasteiger partial charge on any atom is -0.337 e. The Morgan fingerprint density at radius 1 is 1.46 bits per heavy atom. The van der Waals surface area contributed by atoms with E-state index in [1.807, 2.05) is 7.05 Å². The Morgan fingerprint density at radius 2 is 2.25 bits per heavy atom. The highest BCUT2D eigenvalue weighted by Gasteiger charge is 2.18. The van der Waals surface area contributed by atoms with Gasteiger partial charge in [0.25, 0.3) is 16.0 Å². The lowest BCUT2D eigenvalue weighted by molar-refractivity contribution is -0.112. The highest BCUT2D eigenvalue weighted by Crippen LogP contribution is 2.27. The van der Waals surface area contributed by atoms with Crippen molar-refractivity contribution < 1.29 is 17.8 Å². The molecule has 3 N–H and O–H groups in total. The number of aromatic nitrogens is 1. The molecule has 0 aliphatic carbocycles. The summed E-state index contributed by atoms with van der Waals surface area (Å²) in [5.41, 5.74) is 0.945. The number of carbonyl (C=O) groups is 1. The van der Waals surface area contributed by atoms with Gasteiger partial charge in [0.2, 0.25) is 0 Å². The molecule has 1 aliphatic heterocycles. The molecule has 0 fully saturated rings. The van der Waals surface area contributed by atoms with Gasteiger partial charge >= 0.3 is 0 Å². The number of likely N-dealkylation sites (N-methyl/N-ethyl adjacent to an activating group) is 1. The van der Waals surface area contributed by atoms with Crippen LogP contribution in [0.4, 0.5) is 10.8 Å². The molecular formula is C17H17N5O4S2. The maximum absolute atomic E-state index is 12.3. The third-order valence-corrected chi connectivity index (χ3v) is 5.88. The molecule has 1 aliphatic rings. The van der Waals surface area contributed by atoms with Crippen LogP contribution in [0.3, 0.4) is 0 Å². The molecule has 0 radical (unpaired) electrons. The molecule has 0 atom stereocenters. The zero-order chi connectivity index (χ0) is 20.3. The SMILES string of the molecule is CN1CCc2nc(N/C=C(/C#N)C(=O)Nc3cccc(S(=O)(=O)O)c3)sc2C1. The number of fused-ring (bicyclic) bond motifs is 1. The topological polar surface area (TPSA) is 135 Å². The summed E-state index contributed by atoms with van der Waals surface area (Å²) in [6.45, 7) is 1.74. The highest BCUT2D eigenvalue weighted by molar-refractivity contribution is 7.85. The van der Waals surface area contributed by atoms with Crippen LogP contribution in [-0.2, 0) is 27.9 Å². The van der Waals surface area contributed by atoms with Gasteiger partial charge in [0, 0.05) is 36.3 Å². The lowest BCUT2D eigenvalue weighted by atomic mass is 10.2. The van der Waals surface area contributed by atoms with Crippen LogP contribution >= 0.6 is 11.3 Å². The first kappa shape index (κ1) is 20.0. The highest BCUT2D eigenvalue weighted by atomic mass is 32.2. The Hall–Kier alpha value is -2.78. The fourth-order valence-electron chi connectivity index (χ4n) is 2.60. The number of rotatable bonds is 5. The number of carbonyl (C=O) groups excluding carboxylic acids is 1. The van der Waals surface area contributed by atoms with E-state index in [1.165, 1.54) is 35.7 Å². The van der Waals surface area contributed by atoms with Gasteiger partial charge in [0.15, 0.2) is 5.13 Å². The van der Waals surface area contributed by atoms with E-state index in [1.54, 1.807) is 6.07 Å². The van der Waals surface area contributed by atoms with E-state index in [0.717, 1.165) is 36.1 Å². The standard InChI is InChI=1S/C17H17N5O4S2/c1-22-6-5-14-15(10-22)27-17(21-14)19-9-11(8-18)16(23)20-12-3-2-4-13(7-12)28(24,25)26/h2-4,7,9H,5-6,10H2,1H3,(H,19,21)(H,20,23)(H,24,25,26)/b11-9-. The molecule has 0 bridgehead atoms. The summed E-state index contributed by atoms with van der Waals surface area (Å²) in [6, 6.07) is 6.89. The van der Waals surface area contributed by atoms with Crippen molar-refractivity contribution in [3.8, 4) is 6.07 Å². The van der Waals surface area contributed by atoms with Crippen LogP contribution in [0.1, 0.15) is 10.6 Å². The molecule has 28 heavy (non-hydrogen) atoms. The van der Waals surface area contributed by atoms with E-state index in [9.17, 15) is 18.5 Å². The van der Waals surface area contributed by atoms with Gasteiger partial charge in [-0.2, -0.15) is 13.7 Å². The second-order valence-electron chi connectivity index (χ2n) is 6.15. The average Bonchev–Trinajstić information content (AvgIpc) is 3.03. The zero-order valence-electron chi connectivity index (χ0n) is 14.8. The summed E-state index contributed by atoms with van der Waals surface area (Å²) in [7, 11) is -2.36. The van der Waals surface area contributed by atoms with E-state index >= 15 is 0 Å². The van der Waals surface area contributed by atoms with Crippen molar-refractivity contribution in [1.29, 1.82) is 5.26 Å². The van der Waals surface area contributed by atoms with Crippen molar-refractivity contribution in [2.24, 2.45) is 0 Å². The van der Waals surface area contributed by atoms with E-state index in [0.29, 0.717) is 5.13 Å². The fraction of sp³-hybridized carbons (Fsp3) is 0.235. The van der Waals surface area contributed by atoms with Gasteiger partial charge < -0.3 is 15.5 Å². The third kappa shape index (κ3) is 4.73. The van der Waals surface area contributed by atoms with Crippen molar-refractivity contribution in [2.75, 3.05) is 24.2 Å². The molecule has 0 saturated carbocycles. The average molecular weight is 419 g/mol. The minimum absolute atomic E-state index is 0.133. The summed E-state index contributed by atoms with van der Waals surface area (Å²) in [5, 5.41) is 15.2. The Labute approximate surface area is 166 Å². The van der Waals surface area contributed by atoms with Crippen LogP contribution in [-0.4, -0.2) is 42.4 Å². The molecule has 0 saturated heterocycles. The largest absolute Gasteiger partial charge is 0.337 e. The van der Waals surface area contributed by atoms with Gasteiger partial charge in [0.1, 0.15) is 11.6 Å². The number of thiazole rings is 1. The van der Waals surface area contributed by atoms with Crippen LogP contribution < -0.4 is 10.6 Å². The van der Waals surface area contributed by atoms with E-state index in [2.05, 4.69) is 20.5 Å². The Balaban J connectivity index is 1.71. The summed E-state index contributed by atoms with van der Waals surface area (Å²) >= 11 is 1.47. The first-order valence-corrected chi connectivity index (χ1v) is 10.4. The quantitative estimate of drug-likeness (QED) is 0.379. The number of nitriles is 1. The predicted octanol–water partition coefficient (Wildman–Crippen LogP) is 1.84. The number of hydrogen-bond acceptors (Lipinski definition) is 8. The molecule has 1 amide bonds. The Morgan fingerprint density at radius 3 is 2.96 bits per heavy atom. The number of hydrogen-bond donors (Lipinski definition) is 3. The molecule has 2 heterocycles. The summed E-state index contributed by atoms with van der Waals surface area (Å²) in [5.74, 6) is -0.719. The maximum Gasteiger partial charge on any atom is 0.294 e. The van der Waals surface area contributed by atoms with Crippen LogP contribution in [0.2, 0.25) is 0 Å². The lowest BCUT2D eigenvalue weighted by Gasteiger charge is -2.20. The number of benzene rings is 1. The van der Waals surface area contributed by atoms with Gasteiger partial charge in [-0.15, -0.1) is 11.3 Å². The van der Waals surface area contributed by atoms with E-state index in [4.69, 9.17) is 4.55 Å². The van der Waals surface area contributed by atoms with Gasteiger partial charge in [-0.25, -0.2) is 4.98 Å². The fourth-order valence-corrected chi connectivity index (χ4v) is 4.18. The zero-order valence-corrected chi connectivity index (χ0v) is 16.5. The second-order valence-corrected chi connectivity index (χ2v) is 8.65. The molecule has 11 heteroatoms. The van der Waals surface area contributed by atoms with Gasteiger partial charge in [-0.1, -0.05) is 6.07 Å². The summed E-state index contributed by atoms with van der Waals surface area (Å²) in [6.07, 6.45) is 2.11. The monoisotopic (exact) mass is 419 g/mol. The minimum atomic E-state index is -4.39. The molecule has 146 valence electrons. The van der Waals surface area contributed by atoms with Crippen molar-refractivity contribution in [3.05, 3.63) is 46.6 Å². The van der Waals surface area contributed by atoms with Crippen LogP contribution in [0.15, 0.2) is 40.9 Å². The van der Waals surface area contributed by atoms with Crippen molar-refractivity contribution in [2.45, 2.75) is 17.9 Å². The predicted molar refractivity (Wildman–Crippen MR) is 104 cm³/mol. The number of nitrogens with zero attached hydrogens (tertiary/aromatic N) is 3. The number of anilines is 2. The molecule has 1 aromatic carbocycles. The third-order valence-electron chi connectivity index (χ3n) is 4.02. The van der Waals surface area contributed by atoms with Crippen molar-refractivity contribution in [1.82, 2.24) is 9.88 Å². The molecule has 9 nitrogen and oxygen atoms in total.